The molecule has 1 aromatic carbocycles. The summed E-state index contributed by atoms with van der Waals surface area (Å²) in [4.78, 5) is 15.1. The molecule has 0 amide bonds. The van der Waals surface area contributed by atoms with Gasteiger partial charge in [0, 0.05) is 15.0 Å². The van der Waals surface area contributed by atoms with E-state index in [4.69, 9.17) is 5.11 Å². The van der Waals surface area contributed by atoms with E-state index in [1.165, 1.54) is 11.8 Å². The van der Waals surface area contributed by atoms with E-state index in [0.717, 1.165) is 20.1 Å². The smallest absolute Gasteiger partial charge is 0.313 e. The van der Waals surface area contributed by atoms with E-state index in [-0.39, 0.29) is 5.75 Å². The van der Waals surface area contributed by atoms with Crippen molar-refractivity contribution in [1.82, 2.24) is 9.55 Å². The number of hydrogen-bond acceptors (Lipinski definition) is 3. The van der Waals surface area contributed by atoms with Crippen LogP contribution in [-0.4, -0.2) is 26.4 Å². The first-order valence-corrected chi connectivity index (χ1v) is 8.23. The van der Waals surface area contributed by atoms with Crippen molar-refractivity contribution in [1.29, 1.82) is 0 Å². The molecular weight excluding hydrogens is 387 g/mol. The largest absolute Gasteiger partial charge is 0.481 e. The number of carboxylic acids is 1. The van der Waals surface area contributed by atoms with Gasteiger partial charge in [0.25, 0.3) is 0 Å². The molecule has 1 N–H and O–H groups in total. The van der Waals surface area contributed by atoms with Gasteiger partial charge in [0.1, 0.15) is 0 Å². The molecule has 0 aliphatic rings. The summed E-state index contributed by atoms with van der Waals surface area (Å²) in [5, 5.41) is 9.56. The number of benzene rings is 1. The summed E-state index contributed by atoms with van der Waals surface area (Å²) >= 11 is 3.51. The Morgan fingerprint density at radius 3 is 2.85 bits per heavy atom. The molecule has 0 atom stereocenters. The standard InChI is InChI=1S/C14H15IN2O2S/c1-9(2)12-7-16-14(20-8-13(18)19)17(12)11-5-3-4-10(15)6-11/h3-7,9H,8H2,1-2H3,(H,18,19). The maximum Gasteiger partial charge on any atom is 0.313 e. The Bertz CT molecular complexity index is 625. The number of aliphatic carboxylic acids is 1. The van der Waals surface area contributed by atoms with Crippen LogP contribution < -0.4 is 0 Å². The molecule has 2 rings (SSSR count). The first kappa shape index (κ1) is 15.4. The zero-order chi connectivity index (χ0) is 14.7. The Labute approximate surface area is 135 Å². The summed E-state index contributed by atoms with van der Waals surface area (Å²) in [6, 6.07) is 8.10. The average Bonchev–Trinajstić information content (AvgIpc) is 2.80. The molecule has 0 unspecified atom stereocenters. The van der Waals surface area contributed by atoms with E-state index in [1.807, 2.05) is 29.0 Å². The molecule has 0 spiro atoms. The second-order valence-corrected chi connectivity index (χ2v) is 6.81. The SMILES string of the molecule is CC(C)c1cnc(SCC(=O)O)n1-c1cccc(I)c1. The zero-order valence-electron chi connectivity index (χ0n) is 11.2. The van der Waals surface area contributed by atoms with E-state index >= 15 is 0 Å². The first-order valence-electron chi connectivity index (χ1n) is 6.17. The highest BCUT2D eigenvalue weighted by Crippen LogP contribution is 2.28. The molecule has 1 aromatic heterocycles. The minimum absolute atomic E-state index is 0.0124. The third-order valence-corrected chi connectivity index (χ3v) is 4.35. The predicted octanol–water partition coefficient (Wildman–Crippen LogP) is 3.78. The van der Waals surface area contributed by atoms with E-state index in [9.17, 15) is 4.79 Å². The Kier molecular flexibility index (Phi) is 5.09. The fourth-order valence-electron chi connectivity index (χ4n) is 1.86. The number of imidazole rings is 1. The maximum absolute atomic E-state index is 10.8. The Balaban J connectivity index is 2.46. The number of aromatic nitrogens is 2. The summed E-state index contributed by atoms with van der Waals surface area (Å²) in [5.41, 5.74) is 2.10. The lowest BCUT2D eigenvalue weighted by Crippen LogP contribution is -2.05. The van der Waals surface area contributed by atoms with Gasteiger partial charge < -0.3 is 5.11 Å². The van der Waals surface area contributed by atoms with Crippen molar-refractivity contribution in [3.63, 3.8) is 0 Å². The Morgan fingerprint density at radius 1 is 1.50 bits per heavy atom. The lowest BCUT2D eigenvalue weighted by Gasteiger charge is -2.13. The molecule has 0 aliphatic carbocycles. The van der Waals surface area contributed by atoms with Crippen LogP contribution in [0.15, 0.2) is 35.6 Å². The summed E-state index contributed by atoms with van der Waals surface area (Å²) in [5.74, 6) is -0.504. The van der Waals surface area contributed by atoms with E-state index in [2.05, 4.69) is 47.5 Å². The molecule has 20 heavy (non-hydrogen) atoms. The molecule has 2 aromatic rings. The van der Waals surface area contributed by atoms with E-state index in [1.54, 1.807) is 0 Å². The summed E-state index contributed by atoms with van der Waals surface area (Å²) in [6.07, 6.45) is 1.83. The van der Waals surface area contributed by atoms with Crippen LogP contribution in [0.5, 0.6) is 0 Å². The van der Waals surface area contributed by atoms with Gasteiger partial charge in [-0.25, -0.2) is 4.98 Å². The topological polar surface area (TPSA) is 55.1 Å². The van der Waals surface area contributed by atoms with Crippen LogP contribution in [0.3, 0.4) is 0 Å². The van der Waals surface area contributed by atoms with Crippen LogP contribution in [0.4, 0.5) is 0 Å². The molecule has 0 bridgehead atoms. The van der Waals surface area contributed by atoms with Crippen molar-refractivity contribution < 1.29 is 9.90 Å². The van der Waals surface area contributed by atoms with Gasteiger partial charge in [0.2, 0.25) is 0 Å². The molecule has 4 nitrogen and oxygen atoms in total. The number of hydrogen-bond donors (Lipinski definition) is 1. The molecule has 0 radical (unpaired) electrons. The molecule has 6 heteroatoms. The van der Waals surface area contributed by atoms with Gasteiger partial charge >= 0.3 is 5.97 Å². The van der Waals surface area contributed by atoms with Crippen molar-refractivity contribution >= 4 is 40.3 Å². The lowest BCUT2D eigenvalue weighted by molar-refractivity contribution is -0.133. The molecule has 0 aliphatic heterocycles. The maximum atomic E-state index is 10.8. The van der Waals surface area contributed by atoms with Crippen LogP contribution >= 0.6 is 34.4 Å². The fraction of sp³-hybridized carbons (Fsp3) is 0.286. The number of rotatable bonds is 5. The van der Waals surface area contributed by atoms with Crippen molar-refractivity contribution in [2.45, 2.75) is 24.9 Å². The minimum Gasteiger partial charge on any atom is -0.481 e. The highest BCUT2D eigenvalue weighted by atomic mass is 127. The monoisotopic (exact) mass is 402 g/mol. The van der Waals surface area contributed by atoms with Gasteiger partial charge in [0.05, 0.1) is 11.9 Å². The van der Waals surface area contributed by atoms with Crippen LogP contribution in [0.25, 0.3) is 5.69 Å². The van der Waals surface area contributed by atoms with E-state index in [0.29, 0.717) is 5.92 Å². The van der Waals surface area contributed by atoms with Crippen LogP contribution in [0.1, 0.15) is 25.5 Å². The van der Waals surface area contributed by atoms with Crippen LogP contribution in [0.2, 0.25) is 0 Å². The van der Waals surface area contributed by atoms with Crippen molar-refractivity contribution in [3.8, 4) is 5.69 Å². The molecule has 0 saturated heterocycles. The third kappa shape index (κ3) is 3.54. The summed E-state index contributed by atoms with van der Waals surface area (Å²) in [6.45, 7) is 4.21. The van der Waals surface area contributed by atoms with E-state index < -0.39 is 5.97 Å². The van der Waals surface area contributed by atoms with Gasteiger partial charge in [-0.2, -0.15) is 0 Å². The van der Waals surface area contributed by atoms with Crippen molar-refractivity contribution in [2.75, 3.05) is 5.75 Å². The molecule has 106 valence electrons. The number of carboxylic acid groups (broad SMARTS) is 1. The number of thioether (sulfide) groups is 1. The quantitative estimate of drug-likeness (QED) is 0.611. The molecule has 1 heterocycles. The van der Waals surface area contributed by atoms with Gasteiger partial charge in [-0.3, -0.25) is 9.36 Å². The summed E-state index contributed by atoms with van der Waals surface area (Å²) < 4.78 is 3.18. The normalized spacial score (nSPS) is 11.0. The second kappa shape index (κ2) is 6.62. The Morgan fingerprint density at radius 2 is 2.25 bits per heavy atom. The molecule has 0 saturated carbocycles. The average molecular weight is 402 g/mol. The number of carbonyl (C=O) groups is 1. The fourth-order valence-corrected chi connectivity index (χ4v) is 3.10. The first-order chi connectivity index (χ1) is 9.49. The number of nitrogens with zero attached hydrogens (tertiary/aromatic N) is 2. The van der Waals surface area contributed by atoms with Gasteiger partial charge in [0.15, 0.2) is 5.16 Å². The zero-order valence-corrected chi connectivity index (χ0v) is 14.2. The van der Waals surface area contributed by atoms with Crippen LogP contribution in [0, 0.1) is 3.57 Å². The second-order valence-electron chi connectivity index (χ2n) is 4.62. The predicted molar refractivity (Wildman–Crippen MR) is 88.7 cm³/mol. The highest BCUT2D eigenvalue weighted by Gasteiger charge is 2.16. The van der Waals surface area contributed by atoms with Crippen LogP contribution in [-0.2, 0) is 4.79 Å². The Hall–Kier alpha value is -1.02. The van der Waals surface area contributed by atoms with Gasteiger partial charge in [-0.15, -0.1) is 0 Å². The number of halogens is 1. The van der Waals surface area contributed by atoms with Crippen molar-refractivity contribution in [3.05, 3.63) is 39.7 Å². The summed E-state index contributed by atoms with van der Waals surface area (Å²) in [7, 11) is 0. The van der Waals surface area contributed by atoms with Gasteiger partial charge in [-0.1, -0.05) is 31.7 Å². The lowest BCUT2D eigenvalue weighted by atomic mass is 10.1. The molecule has 0 fully saturated rings. The molecular formula is C14H15IN2O2S. The minimum atomic E-state index is -0.835. The third-order valence-electron chi connectivity index (χ3n) is 2.74. The van der Waals surface area contributed by atoms with Crippen molar-refractivity contribution in [2.24, 2.45) is 0 Å². The van der Waals surface area contributed by atoms with Gasteiger partial charge in [-0.05, 0) is 46.7 Å². The highest BCUT2D eigenvalue weighted by molar-refractivity contribution is 14.1.